The Morgan fingerprint density at radius 2 is 1.21 bits per heavy atom. The number of nitrogens with two attached hydrogens (primary N) is 1. The van der Waals surface area contributed by atoms with Crippen LogP contribution in [0, 0.1) is 5.92 Å². The maximum Gasteiger partial charge on any atom is 0.326 e. The molecule has 0 heterocycles. The van der Waals surface area contributed by atoms with E-state index in [1.54, 1.807) is 24.3 Å². The Hall–Kier alpha value is -3.37. The average Bonchev–Trinajstić information content (AvgIpc) is 2.90. The van der Waals surface area contributed by atoms with E-state index in [-0.39, 0.29) is 25.2 Å². The van der Waals surface area contributed by atoms with Gasteiger partial charge < -0.3 is 26.8 Å². The summed E-state index contributed by atoms with van der Waals surface area (Å²) in [6.07, 6.45) is 2.46. The van der Waals surface area contributed by atoms with Gasteiger partial charge in [-0.25, -0.2) is 4.79 Å². The fourth-order valence-electron chi connectivity index (χ4n) is 3.73. The number of rotatable bonds is 15. The lowest BCUT2D eigenvalue weighted by molar-refractivity contribution is -0.142. The normalized spacial score (nSPS) is 14.1. The van der Waals surface area contributed by atoms with Crippen LogP contribution >= 0.6 is 11.8 Å². The molecule has 0 aromatic heterocycles. The van der Waals surface area contributed by atoms with Gasteiger partial charge in [0, 0.05) is 12.8 Å². The fraction of sp³-hybridized carbons (Fsp3) is 0.429. The van der Waals surface area contributed by atoms with Gasteiger partial charge in [0.1, 0.15) is 18.1 Å². The number of hydrogen-bond donors (Lipinski definition) is 5. The second-order valence-corrected chi connectivity index (χ2v) is 10.4. The molecule has 0 radical (unpaired) electrons. The number of nitrogens with one attached hydrogen (secondary N) is 3. The van der Waals surface area contributed by atoms with Gasteiger partial charge >= 0.3 is 5.97 Å². The number of benzene rings is 2. The zero-order valence-electron chi connectivity index (χ0n) is 22.1. The van der Waals surface area contributed by atoms with Gasteiger partial charge in [-0.2, -0.15) is 11.8 Å². The third-order valence-corrected chi connectivity index (χ3v) is 6.72. The van der Waals surface area contributed by atoms with Crippen LogP contribution < -0.4 is 21.7 Å². The molecule has 0 aliphatic heterocycles. The molecule has 6 N–H and O–H groups in total. The Morgan fingerprint density at radius 3 is 1.68 bits per heavy atom. The fourth-order valence-corrected chi connectivity index (χ4v) is 4.20. The molecule has 2 aromatic carbocycles. The minimum Gasteiger partial charge on any atom is -0.480 e. The smallest absolute Gasteiger partial charge is 0.326 e. The molecule has 38 heavy (non-hydrogen) atoms. The van der Waals surface area contributed by atoms with Gasteiger partial charge in [-0.3, -0.25) is 14.4 Å². The third kappa shape index (κ3) is 10.2. The summed E-state index contributed by atoms with van der Waals surface area (Å²) >= 11 is 1.50. The van der Waals surface area contributed by atoms with Crippen molar-refractivity contribution in [3.8, 4) is 0 Å². The minimum atomic E-state index is -1.17. The van der Waals surface area contributed by atoms with E-state index >= 15 is 0 Å². The second-order valence-electron chi connectivity index (χ2n) is 9.45. The van der Waals surface area contributed by atoms with Gasteiger partial charge in [0.2, 0.25) is 17.7 Å². The van der Waals surface area contributed by atoms with Crippen LogP contribution in [0.25, 0.3) is 0 Å². The summed E-state index contributed by atoms with van der Waals surface area (Å²) in [5.41, 5.74) is 7.58. The maximum absolute atomic E-state index is 13.4. The molecule has 2 rings (SSSR count). The quantitative estimate of drug-likeness (QED) is 0.230. The standard InChI is InChI=1S/C28H38N4O5S/c1-18(2)24(29)27(35)31-22(16-19-10-6-4-7-11-19)26(34)30-21(14-15-38-3)25(33)32-23(28(36)37)17-20-12-8-5-9-13-20/h4-13,18,21-24H,14-17,29H2,1-3H3,(H,30,34)(H,31,35)(H,32,33)(H,36,37). The van der Waals surface area contributed by atoms with E-state index in [9.17, 15) is 24.3 Å². The summed E-state index contributed by atoms with van der Waals surface area (Å²) < 4.78 is 0. The third-order valence-electron chi connectivity index (χ3n) is 6.08. The van der Waals surface area contributed by atoms with Crippen LogP contribution in [0.3, 0.4) is 0 Å². The summed E-state index contributed by atoms with van der Waals surface area (Å²) in [6.45, 7) is 3.63. The highest BCUT2D eigenvalue weighted by Gasteiger charge is 2.30. The molecule has 4 unspecified atom stereocenters. The topological polar surface area (TPSA) is 151 Å². The van der Waals surface area contributed by atoms with E-state index in [0.717, 1.165) is 11.1 Å². The lowest BCUT2D eigenvalue weighted by Gasteiger charge is -2.26. The first kappa shape index (κ1) is 30.9. The van der Waals surface area contributed by atoms with Crippen molar-refractivity contribution in [3.05, 3.63) is 71.8 Å². The molecular weight excluding hydrogens is 504 g/mol. The predicted molar refractivity (Wildman–Crippen MR) is 150 cm³/mol. The Kier molecular flexibility index (Phi) is 12.8. The Morgan fingerprint density at radius 1 is 0.763 bits per heavy atom. The highest BCUT2D eigenvalue weighted by molar-refractivity contribution is 7.98. The first-order valence-corrected chi connectivity index (χ1v) is 14.0. The van der Waals surface area contributed by atoms with Crippen molar-refractivity contribution >= 4 is 35.5 Å². The highest BCUT2D eigenvalue weighted by Crippen LogP contribution is 2.09. The summed E-state index contributed by atoms with van der Waals surface area (Å²) in [4.78, 5) is 51.2. The lowest BCUT2D eigenvalue weighted by atomic mass is 10.0. The molecule has 0 spiro atoms. The van der Waals surface area contributed by atoms with Gasteiger partial charge in [0.25, 0.3) is 0 Å². The van der Waals surface area contributed by atoms with Crippen LogP contribution in [0.15, 0.2) is 60.7 Å². The lowest BCUT2D eigenvalue weighted by Crippen LogP contribution is -2.58. The van der Waals surface area contributed by atoms with Gasteiger partial charge in [-0.15, -0.1) is 0 Å². The van der Waals surface area contributed by atoms with Gasteiger partial charge in [-0.05, 0) is 35.5 Å². The first-order valence-electron chi connectivity index (χ1n) is 12.6. The summed E-state index contributed by atoms with van der Waals surface area (Å²) in [6, 6.07) is 14.3. The number of thioether (sulfide) groups is 1. The molecule has 2 aromatic rings. The number of carbonyl (C=O) groups is 4. The number of carboxylic acids is 1. The van der Waals surface area contributed by atoms with Crippen LogP contribution in [0.2, 0.25) is 0 Å². The van der Waals surface area contributed by atoms with E-state index in [0.29, 0.717) is 5.75 Å². The van der Waals surface area contributed by atoms with Gasteiger partial charge in [0.15, 0.2) is 0 Å². The summed E-state index contributed by atoms with van der Waals surface area (Å²) in [5.74, 6) is -2.35. The second kappa shape index (κ2) is 15.8. The molecular formula is C28H38N4O5S. The van der Waals surface area contributed by atoms with Crippen LogP contribution in [0.5, 0.6) is 0 Å². The molecule has 3 amide bonds. The molecule has 10 heteroatoms. The molecule has 0 saturated carbocycles. The van der Waals surface area contributed by atoms with Crippen molar-refractivity contribution in [2.45, 2.75) is 57.3 Å². The number of amides is 3. The molecule has 0 fully saturated rings. The average molecular weight is 543 g/mol. The SMILES string of the molecule is CSCCC(NC(=O)C(Cc1ccccc1)NC(=O)C(N)C(C)C)C(=O)NC(Cc1ccccc1)C(=O)O. The predicted octanol–water partition coefficient (Wildman–Crippen LogP) is 1.75. The van der Waals surface area contributed by atoms with Gasteiger partial charge in [-0.1, -0.05) is 74.5 Å². The number of aliphatic carboxylic acids is 1. The molecule has 206 valence electrons. The van der Waals surface area contributed by atoms with Crippen molar-refractivity contribution < 1.29 is 24.3 Å². The molecule has 4 atom stereocenters. The molecule has 9 nitrogen and oxygen atoms in total. The zero-order chi connectivity index (χ0) is 28.1. The minimum absolute atomic E-state index is 0.102. The first-order chi connectivity index (χ1) is 18.1. The van der Waals surface area contributed by atoms with Crippen molar-refractivity contribution in [2.75, 3.05) is 12.0 Å². The summed E-state index contributed by atoms with van der Waals surface area (Å²) in [7, 11) is 0. The monoisotopic (exact) mass is 542 g/mol. The Labute approximate surface area is 228 Å². The van der Waals surface area contributed by atoms with E-state index in [1.807, 2.05) is 56.5 Å². The molecule has 0 saturated heterocycles. The van der Waals surface area contributed by atoms with E-state index in [2.05, 4.69) is 16.0 Å². The largest absolute Gasteiger partial charge is 0.480 e. The Balaban J connectivity index is 2.20. The van der Waals surface area contributed by atoms with Crippen molar-refractivity contribution in [1.29, 1.82) is 0 Å². The number of carboxylic acid groups (broad SMARTS) is 1. The van der Waals surface area contributed by atoms with E-state index in [1.165, 1.54) is 11.8 Å². The van der Waals surface area contributed by atoms with Crippen LogP contribution in [-0.2, 0) is 32.0 Å². The summed E-state index contributed by atoms with van der Waals surface area (Å²) in [5, 5.41) is 17.8. The van der Waals surface area contributed by atoms with Crippen LogP contribution in [-0.4, -0.2) is 65.0 Å². The molecule has 0 aliphatic carbocycles. The highest BCUT2D eigenvalue weighted by atomic mass is 32.2. The van der Waals surface area contributed by atoms with Crippen LogP contribution in [0.1, 0.15) is 31.4 Å². The van der Waals surface area contributed by atoms with Crippen molar-refractivity contribution in [3.63, 3.8) is 0 Å². The van der Waals surface area contributed by atoms with Crippen molar-refractivity contribution in [1.82, 2.24) is 16.0 Å². The van der Waals surface area contributed by atoms with Crippen molar-refractivity contribution in [2.24, 2.45) is 11.7 Å². The number of hydrogen-bond acceptors (Lipinski definition) is 6. The molecule has 0 aliphatic rings. The van der Waals surface area contributed by atoms with E-state index < -0.39 is 47.9 Å². The zero-order valence-corrected chi connectivity index (χ0v) is 22.9. The number of carbonyl (C=O) groups excluding carboxylic acids is 3. The van der Waals surface area contributed by atoms with E-state index in [4.69, 9.17) is 5.73 Å². The van der Waals surface area contributed by atoms with Gasteiger partial charge in [0.05, 0.1) is 6.04 Å². The Bertz CT molecular complexity index is 1050. The van der Waals surface area contributed by atoms with Crippen LogP contribution in [0.4, 0.5) is 0 Å². The molecule has 0 bridgehead atoms. The maximum atomic E-state index is 13.4.